The molecular formula is C3H4N4O2. The Balaban J connectivity index is 2.60. The summed E-state index contributed by atoms with van der Waals surface area (Å²) in [7, 11) is 0. The zero-order chi connectivity index (χ0) is 6.85. The highest BCUT2D eigenvalue weighted by molar-refractivity contribution is 5.93. The first kappa shape index (κ1) is 5.67. The molecule has 0 aliphatic carbocycles. The van der Waals surface area contributed by atoms with Crippen molar-refractivity contribution in [3.63, 3.8) is 0 Å². The lowest BCUT2D eigenvalue weighted by molar-refractivity contribution is -0.623. The van der Waals surface area contributed by atoms with E-state index in [2.05, 4.69) is 4.99 Å². The fourth-order valence-corrected chi connectivity index (χ4v) is 0.471. The summed E-state index contributed by atoms with van der Waals surface area (Å²) in [6.45, 7) is -0.0208. The Morgan fingerprint density at radius 1 is 2.00 bits per heavy atom. The minimum atomic E-state index is -0.606. The minimum Gasteiger partial charge on any atom is -0.285 e. The highest BCUT2D eigenvalue weighted by Crippen LogP contribution is 1.93. The first-order valence-corrected chi connectivity index (χ1v) is 2.22. The van der Waals surface area contributed by atoms with Gasteiger partial charge in [0.15, 0.2) is 11.4 Å². The summed E-state index contributed by atoms with van der Waals surface area (Å²) < 4.78 is 0. The molecule has 0 spiro atoms. The summed E-state index contributed by atoms with van der Waals surface area (Å²) in [5, 5.41) is 16.9. The fourth-order valence-electron chi connectivity index (χ4n) is 0.471. The van der Waals surface area contributed by atoms with Gasteiger partial charge < -0.3 is 0 Å². The normalized spacial score (nSPS) is 16.9. The molecule has 9 heavy (non-hydrogen) atoms. The van der Waals surface area contributed by atoms with Crippen molar-refractivity contribution in [3.05, 3.63) is 10.1 Å². The molecule has 6 nitrogen and oxygen atoms in total. The summed E-state index contributed by atoms with van der Waals surface area (Å²) in [4.78, 5) is 13.3. The van der Waals surface area contributed by atoms with Gasteiger partial charge in [-0.3, -0.25) is 5.41 Å². The van der Waals surface area contributed by atoms with E-state index in [1.54, 1.807) is 0 Å². The molecule has 0 radical (unpaired) electrons. The molecule has 1 aliphatic rings. The number of nitro groups is 1. The molecule has 0 saturated heterocycles. The lowest BCUT2D eigenvalue weighted by Crippen LogP contribution is -2.27. The van der Waals surface area contributed by atoms with Crippen LogP contribution in [0.2, 0.25) is 0 Å². The smallest absolute Gasteiger partial charge is 0.166 e. The number of hydrazine groups is 1. The van der Waals surface area contributed by atoms with E-state index in [9.17, 15) is 10.1 Å². The highest BCUT2D eigenvalue weighted by atomic mass is 16.7. The van der Waals surface area contributed by atoms with Crippen molar-refractivity contribution in [2.75, 3.05) is 6.54 Å². The van der Waals surface area contributed by atoms with Crippen LogP contribution in [0.5, 0.6) is 0 Å². The second-order valence-electron chi connectivity index (χ2n) is 1.53. The van der Waals surface area contributed by atoms with Crippen LogP contribution in [0.15, 0.2) is 4.99 Å². The van der Waals surface area contributed by atoms with Crippen LogP contribution in [0.1, 0.15) is 0 Å². The summed E-state index contributed by atoms with van der Waals surface area (Å²) in [6, 6.07) is 0. The van der Waals surface area contributed by atoms with E-state index in [-0.39, 0.29) is 12.4 Å². The maximum absolute atomic E-state index is 9.89. The van der Waals surface area contributed by atoms with Gasteiger partial charge in [-0.25, -0.2) is 15.1 Å². The quantitative estimate of drug-likeness (QED) is 0.381. The Morgan fingerprint density at radius 2 is 2.67 bits per heavy atom. The zero-order valence-electron chi connectivity index (χ0n) is 4.44. The number of nitrogens with zero attached hydrogens (tertiary/aromatic N) is 3. The maximum Gasteiger partial charge on any atom is 0.166 e. The van der Waals surface area contributed by atoms with Crippen molar-refractivity contribution < 1.29 is 5.03 Å². The van der Waals surface area contributed by atoms with E-state index >= 15 is 0 Å². The molecule has 0 aromatic rings. The molecule has 1 heterocycles. The van der Waals surface area contributed by atoms with Crippen molar-refractivity contribution in [2.24, 2.45) is 4.99 Å². The van der Waals surface area contributed by atoms with Gasteiger partial charge in [0.1, 0.15) is 12.4 Å². The van der Waals surface area contributed by atoms with Crippen LogP contribution in [-0.2, 0) is 0 Å². The van der Waals surface area contributed by atoms with E-state index in [1.165, 1.54) is 0 Å². The van der Waals surface area contributed by atoms with Crippen LogP contribution < -0.4 is 0 Å². The molecule has 0 fully saturated rings. The number of hydrogen-bond donors (Lipinski definition) is 1. The molecular weight excluding hydrogens is 124 g/mol. The lowest BCUT2D eigenvalue weighted by Gasteiger charge is -1.97. The molecule has 6 heteroatoms. The molecule has 0 amide bonds. The van der Waals surface area contributed by atoms with Crippen LogP contribution in [0.4, 0.5) is 0 Å². The van der Waals surface area contributed by atoms with Gasteiger partial charge in [0.2, 0.25) is 0 Å². The monoisotopic (exact) mass is 128 g/mol. The summed E-state index contributed by atoms with van der Waals surface area (Å²) in [5.41, 5.74) is 0. The minimum absolute atomic E-state index is 0.0201. The van der Waals surface area contributed by atoms with Gasteiger partial charge in [0, 0.05) is 0 Å². The van der Waals surface area contributed by atoms with Crippen LogP contribution in [0, 0.1) is 15.5 Å². The van der Waals surface area contributed by atoms with Gasteiger partial charge in [0.05, 0.1) is 0 Å². The standard InChI is InChI=1S/C3H4N4O2/c4-3-1-6(2-5-3)7(8)9/h2,4H,1H2. The average Bonchev–Trinajstić information content (AvgIpc) is 2.14. The molecule has 0 saturated carbocycles. The topological polar surface area (TPSA) is 82.6 Å². The van der Waals surface area contributed by atoms with Crippen LogP contribution in [0.25, 0.3) is 0 Å². The third-order valence-electron chi connectivity index (χ3n) is 0.868. The summed E-state index contributed by atoms with van der Waals surface area (Å²) in [6.07, 6.45) is 1.03. The number of aliphatic imine (C=N–C) groups is 1. The third kappa shape index (κ3) is 1.01. The van der Waals surface area contributed by atoms with Gasteiger partial charge in [-0.1, -0.05) is 5.01 Å². The summed E-state index contributed by atoms with van der Waals surface area (Å²) in [5.74, 6) is 0.0201. The molecule has 1 aliphatic heterocycles. The van der Waals surface area contributed by atoms with E-state index in [1.807, 2.05) is 0 Å². The van der Waals surface area contributed by atoms with Crippen molar-refractivity contribution in [2.45, 2.75) is 0 Å². The van der Waals surface area contributed by atoms with Gasteiger partial charge in [0.25, 0.3) is 0 Å². The van der Waals surface area contributed by atoms with E-state index in [0.717, 1.165) is 11.3 Å². The predicted molar refractivity (Wildman–Crippen MR) is 29.9 cm³/mol. The third-order valence-corrected chi connectivity index (χ3v) is 0.868. The van der Waals surface area contributed by atoms with Gasteiger partial charge in [-0.15, -0.1) is 0 Å². The van der Waals surface area contributed by atoms with Crippen LogP contribution in [0.3, 0.4) is 0 Å². The van der Waals surface area contributed by atoms with Crippen LogP contribution in [-0.4, -0.2) is 28.8 Å². The first-order valence-electron chi connectivity index (χ1n) is 2.22. The molecule has 1 N–H and O–H groups in total. The maximum atomic E-state index is 9.89. The predicted octanol–water partition coefficient (Wildman–Crippen LogP) is -0.501. The molecule has 0 atom stereocenters. The Morgan fingerprint density at radius 3 is 2.89 bits per heavy atom. The zero-order valence-corrected chi connectivity index (χ0v) is 4.44. The second kappa shape index (κ2) is 1.81. The highest BCUT2D eigenvalue weighted by Gasteiger charge is 2.18. The Labute approximate surface area is 50.4 Å². The molecule has 0 aromatic heterocycles. The molecule has 0 unspecified atom stereocenters. The number of hydrogen-bond acceptors (Lipinski definition) is 3. The molecule has 48 valence electrons. The fraction of sp³-hybridized carbons (Fsp3) is 0.333. The van der Waals surface area contributed by atoms with Crippen molar-refractivity contribution in [3.8, 4) is 0 Å². The van der Waals surface area contributed by atoms with E-state index < -0.39 is 5.03 Å². The first-order chi connectivity index (χ1) is 4.20. The SMILES string of the molecule is N=C1CN([N+](=O)[O-])C=N1. The van der Waals surface area contributed by atoms with Crippen LogP contribution >= 0.6 is 0 Å². The second-order valence-corrected chi connectivity index (χ2v) is 1.53. The number of amidine groups is 1. The number of rotatable bonds is 1. The molecule has 0 aromatic carbocycles. The van der Waals surface area contributed by atoms with Gasteiger partial charge in [-0.05, 0) is 0 Å². The summed E-state index contributed by atoms with van der Waals surface area (Å²) >= 11 is 0. The average molecular weight is 128 g/mol. The van der Waals surface area contributed by atoms with Gasteiger partial charge >= 0.3 is 0 Å². The number of nitrogens with one attached hydrogen (secondary N) is 1. The van der Waals surface area contributed by atoms with Gasteiger partial charge in [-0.2, -0.15) is 0 Å². The van der Waals surface area contributed by atoms with Crippen molar-refractivity contribution in [1.29, 1.82) is 5.41 Å². The largest absolute Gasteiger partial charge is 0.285 e. The molecule has 0 bridgehead atoms. The van der Waals surface area contributed by atoms with Crippen molar-refractivity contribution >= 4 is 12.2 Å². The Kier molecular flexibility index (Phi) is 1.14. The van der Waals surface area contributed by atoms with E-state index in [0.29, 0.717) is 0 Å². The Hall–Kier alpha value is -1.46. The lowest BCUT2D eigenvalue weighted by atomic mass is 10.6. The Bertz CT molecular complexity index is 186. The van der Waals surface area contributed by atoms with Crippen molar-refractivity contribution in [1.82, 2.24) is 5.01 Å². The molecule has 1 rings (SSSR count). The van der Waals surface area contributed by atoms with E-state index in [4.69, 9.17) is 5.41 Å².